The van der Waals surface area contributed by atoms with Crippen molar-refractivity contribution in [3.8, 4) is 0 Å². The number of nitrogens with zero attached hydrogens (tertiary/aromatic N) is 4. The smallest absolute Gasteiger partial charge is 0.277 e. The fraction of sp³-hybridized carbons (Fsp3) is 0.579. The zero-order chi connectivity index (χ0) is 18.5. The van der Waals surface area contributed by atoms with Crippen LogP contribution in [0, 0.1) is 5.92 Å². The Labute approximate surface area is 153 Å². The number of amides is 1. The summed E-state index contributed by atoms with van der Waals surface area (Å²) in [7, 11) is 0. The van der Waals surface area contributed by atoms with E-state index in [0.717, 1.165) is 19.5 Å². The maximum atomic E-state index is 12.4. The molecule has 7 heteroatoms. The zero-order valence-electron chi connectivity index (χ0n) is 15.5. The van der Waals surface area contributed by atoms with Crippen LogP contribution in [0.3, 0.4) is 0 Å². The fourth-order valence-corrected chi connectivity index (χ4v) is 3.46. The van der Waals surface area contributed by atoms with Crippen molar-refractivity contribution in [3.05, 3.63) is 34.6 Å². The Balaban J connectivity index is 1.50. The van der Waals surface area contributed by atoms with Crippen LogP contribution in [0.5, 0.6) is 0 Å². The van der Waals surface area contributed by atoms with Gasteiger partial charge < -0.3 is 10.2 Å². The van der Waals surface area contributed by atoms with Gasteiger partial charge in [-0.3, -0.25) is 9.59 Å². The summed E-state index contributed by atoms with van der Waals surface area (Å²) in [5.74, 6) is 0.451. The molecule has 1 saturated heterocycles. The summed E-state index contributed by atoms with van der Waals surface area (Å²) in [5, 5.41) is 11.5. The van der Waals surface area contributed by atoms with Gasteiger partial charge in [0.25, 0.3) is 5.56 Å². The predicted molar refractivity (Wildman–Crippen MR) is 101 cm³/mol. The summed E-state index contributed by atoms with van der Waals surface area (Å²) < 4.78 is 1.27. The molecule has 1 amide bonds. The Hall–Kier alpha value is -2.28. The molecule has 1 aliphatic heterocycles. The lowest BCUT2D eigenvalue weighted by Crippen LogP contribution is -2.43. The molecule has 1 aromatic heterocycles. The summed E-state index contributed by atoms with van der Waals surface area (Å²) in [4.78, 5) is 27.0. The van der Waals surface area contributed by atoms with Crippen molar-refractivity contribution in [1.29, 1.82) is 0 Å². The molecule has 26 heavy (non-hydrogen) atoms. The minimum absolute atomic E-state index is 0.0477. The largest absolute Gasteiger partial charge is 0.356 e. The van der Waals surface area contributed by atoms with Gasteiger partial charge in [0.2, 0.25) is 5.91 Å². The lowest BCUT2D eigenvalue weighted by molar-refractivity contribution is -0.121. The van der Waals surface area contributed by atoms with Gasteiger partial charge in [-0.2, -0.15) is 0 Å². The lowest BCUT2D eigenvalue weighted by atomic mass is 9.97. The number of likely N-dealkylation sites (tertiary alicyclic amines) is 1. The maximum Gasteiger partial charge on any atom is 0.277 e. The van der Waals surface area contributed by atoms with E-state index in [9.17, 15) is 9.59 Å². The molecule has 0 spiro atoms. The summed E-state index contributed by atoms with van der Waals surface area (Å²) >= 11 is 0. The second kappa shape index (κ2) is 8.40. The third kappa shape index (κ3) is 4.46. The van der Waals surface area contributed by atoms with Crippen LogP contribution < -0.4 is 10.9 Å². The lowest BCUT2D eigenvalue weighted by Gasteiger charge is -2.35. The van der Waals surface area contributed by atoms with E-state index in [0.29, 0.717) is 29.4 Å². The highest BCUT2D eigenvalue weighted by atomic mass is 16.2. The minimum Gasteiger partial charge on any atom is -0.356 e. The molecule has 2 heterocycles. The van der Waals surface area contributed by atoms with Crippen molar-refractivity contribution >= 4 is 16.8 Å². The van der Waals surface area contributed by atoms with Crippen LogP contribution in [0.4, 0.5) is 0 Å². The Morgan fingerprint density at radius 1 is 1.35 bits per heavy atom. The van der Waals surface area contributed by atoms with E-state index in [-0.39, 0.29) is 24.4 Å². The third-order valence-corrected chi connectivity index (χ3v) is 5.05. The van der Waals surface area contributed by atoms with Gasteiger partial charge in [0, 0.05) is 25.6 Å². The first-order valence-electron chi connectivity index (χ1n) is 9.38. The Kier molecular flexibility index (Phi) is 5.98. The number of carbonyl (C=O) groups excluding carboxylic acids is 1. The fourth-order valence-electron chi connectivity index (χ4n) is 3.46. The number of aromatic nitrogens is 3. The van der Waals surface area contributed by atoms with E-state index in [1.165, 1.54) is 11.1 Å². The quantitative estimate of drug-likeness (QED) is 0.846. The van der Waals surface area contributed by atoms with Crippen molar-refractivity contribution in [2.45, 2.75) is 45.7 Å². The molecule has 0 saturated carbocycles. The molecule has 1 atom stereocenters. The SMILES string of the molecule is CC(C)N1CCC[C@H](CNC(=O)CCn2nnc3ccccc3c2=O)C1. The summed E-state index contributed by atoms with van der Waals surface area (Å²) in [6.45, 7) is 7.54. The normalized spacial score (nSPS) is 18.3. The van der Waals surface area contributed by atoms with Crippen molar-refractivity contribution < 1.29 is 4.79 Å². The topological polar surface area (TPSA) is 80.1 Å². The van der Waals surface area contributed by atoms with Crippen LogP contribution in [0.25, 0.3) is 10.9 Å². The first kappa shape index (κ1) is 18.5. The number of nitrogens with one attached hydrogen (secondary N) is 1. The van der Waals surface area contributed by atoms with E-state index in [4.69, 9.17) is 0 Å². The molecule has 1 aliphatic rings. The number of rotatable bonds is 6. The van der Waals surface area contributed by atoms with E-state index in [1.54, 1.807) is 18.2 Å². The Bertz CT molecular complexity index is 817. The van der Waals surface area contributed by atoms with Gasteiger partial charge >= 0.3 is 0 Å². The van der Waals surface area contributed by atoms with Gasteiger partial charge in [-0.05, 0) is 51.3 Å². The molecule has 1 fully saturated rings. The van der Waals surface area contributed by atoms with Crippen molar-refractivity contribution in [1.82, 2.24) is 25.2 Å². The van der Waals surface area contributed by atoms with Gasteiger partial charge in [-0.25, -0.2) is 4.68 Å². The average Bonchev–Trinajstić information content (AvgIpc) is 2.66. The summed E-state index contributed by atoms with van der Waals surface area (Å²) in [5.41, 5.74) is 0.369. The molecule has 0 unspecified atom stereocenters. The highest BCUT2D eigenvalue weighted by molar-refractivity contribution is 5.77. The molecular weight excluding hydrogens is 330 g/mol. The number of fused-ring (bicyclic) bond motifs is 1. The molecule has 0 aliphatic carbocycles. The number of piperidine rings is 1. The number of carbonyl (C=O) groups is 1. The molecular formula is C19H27N5O2. The number of hydrogen-bond acceptors (Lipinski definition) is 5. The molecule has 140 valence electrons. The standard InChI is InChI=1S/C19H27N5O2/c1-14(2)23-10-5-6-15(13-23)12-20-18(25)9-11-24-19(26)16-7-3-4-8-17(16)21-22-24/h3-4,7-8,14-15H,5-6,9-13H2,1-2H3,(H,20,25)/t15-/m1/s1. The Morgan fingerprint density at radius 3 is 2.96 bits per heavy atom. The molecule has 0 radical (unpaired) electrons. The average molecular weight is 357 g/mol. The van der Waals surface area contributed by atoms with Gasteiger partial charge in [-0.15, -0.1) is 5.10 Å². The first-order chi connectivity index (χ1) is 12.5. The highest BCUT2D eigenvalue weighted by Gasteiger charge is 2.21. The zero-order valence-corrected chi connectivity index (χ0v) is 15.5. The number of hydrogen-bond donors (Lipinski definition) is 1. The molecule has 0 bridgehead atoms. The highest BCUT2D eigenvalue weighted by Crippen LogP contribution is 2.17. The number of benzene rings is 1. The maximum absolute atomic E-state index is 12.4. The molecule has 1 aromatic carbocycles. The van der Waals surface area contributed by atoms with Gasteiger partial charge in [-0.1, -0.05) is 17.3 Å². The van der Waals surface area contributed by atoms with Crippen LogP contribution >= 0.6 is 0 Å². The molecule has 3 rings (SSSR count). The van der Waals surface area contributed by atoms with Crippen LogP contribution in [0.2, 0.25) is 0 Å². The van der Waals surface area contributed by atoms with Gasteiger partial charge in [0.15, 0.2) is 0 Å². The van der Waals surface area contributed by atoms with E-state index in [1.807, 2.05) is 6.07 Å². The van der Waals surface area contributed by atoms with Crippen LogP contribution in [0.1, 0.15) is 33.1 Å². The minimum atomic E-state index is -0.205. The molecule has 2 aromatic rings. The predicted octanol–water partition coefficient (Wildman–Crippen LogP) is 1.42. The van der Waals surface area contributed by atoms with Crippen molar-refractivity contribution in [2.24, 2.45) is 5.92 Å². The van der Waals surface area contributed by atoms with Crippen LogP contribution in [-0.4, -0.2) is 51.5 Å². The van der Waals surface area contributed by atoms with Gasteiger partial charge in [0.05, 0.1) is 11.9 Å². The summed E-state index contributed by atoms with van der Waals surface area (Å²) in [6.07, 6.45) is 2.56. The first-order valence-corrected chi connectivity index (χ1v) is 9.38. The van der Waals surface area contributed by atoms with Crippen LogP contribution in [-0.2, 0) is 11.3 Å². The molecule has 7 nitrogen and oxygen atoms in total. The summed E-state index contributed by atoms with van der Waals surface area (Å²) in [6, 6.07) is 7.65. The van der Waals surface area contributed by atoms with Crippen molar-refractivity contribution in [3.63, 3.8) is 0 Å². The monoisotopic (exact) mass is 357 g/mol. The Morgan fingerprint density at radius 2 is 2.15 bits per heavy atom. The van der Waals surface area contributed by atoms with E-state index in [2.05, 4.69) is 34.4 Å². The van der Waals surface area contributed by atoms with Gasteiger partial charge in [0.1, 0.15) is 5.52 Å². The second-order valence-electron chi connectivity index (χ2n) is 7.29. The van der Waals surface area contributed by atoms with Crippen molar-refractivity contribution in [2.75, 3.05) is 19.6 Å². The van der Waals surface area contributed by atoms with E-state index < -0.39 is 0 Å². The van der Waals surface area contributed by atoms with E-state index >= 15 is 0 Å². The third-order valence-electron chi connectivity index (χ3n) is 5.05. The second-order valence-corrected chi connectivity index (χ2v) is 7.29. The molecule has 1 N–H and O–H groups in total. The number of aryl methyl sites for hydroxylation is 1. The van der Waals surface area contributed by atoms with Crippen LogP contribution in [0.15, 0.2) is 29.1 Å².